The van der Waals surface area contributed by atoms with Crippen LogP contribution in [0.15, 0.2) is 30.5 Å². The van der Waals surface area contributed by atoms with Crippen LogP contribution in [-0.2, 0) is 16.0 Å². The number of rotatable bonds is 8. The van der Waals surface area contributed by atoms with Gasteiger partial charge in [0.15, 0.2) is 0 Å². The number of carbonyl (C=O) groups is 2. The predicted octanol–water partition coefficient (Wildman–Crippen LogP) is 3.61. The molecule has 0 aliphatic carbocycles. The zero-order chi connectivity index (χ0) is 20.1. The average Bonchev–Trinajstić information content (AvgIpc) is 3.29. The molecule has 1 aromatic carbocycles. The quantitative estimate of drug-likeness (QED) is 0.539. The van der Waals surface area contributed by atoms with Crippen molar-refractivity contribution in [2.75, 3.05) is 5.32 Å². The number of nitrogens with one attached hydrogen (secondary N) is 3. The van der Waals surface area contributed by atoms with Crippen LogP contribution in [0.3, 0.4) is 0 Å². The Hall–Kier alpha value is -2.74. The largest absolute Gasteiger partial charge is 0.361 e. The number of fused-ring (bicyclic) bond motifs is 1. The third-order valence-electron chi connectivity index (χ3n) is 4.80. The Morgan fingerprint density at radius 2 is 1.93 bits per heavy atom. The summed E-state index contributed by atoms with van der Waals surface area (Å²) in [4.78, 5) is 27.7. The van der Waals surface area contributed by atoms with E-state index in [-0.39, 0.29) is 11.8 Å². The maximum absolute atomic E-state index is 12.8. The van der Waals surface area contributed by atoms with Crippen LogP contribution in [0.1, 0.15) is 50.1 Å². The van der Waals surface area contributed by atoms with Gasteiger partial charge in [-0.2, -0.15) is 0 Å². The summed E-state index contributed by atoms with van der Waals surface area (Å²) in [5.74, 6) is -0.205. The van der Waals surface area contributed by atoms with Gasteiger partial charge in [0.2, 0.25) is 16.9 Å². The lowest BCUT2D eigenvalue weighted by atomic mass is 10.0. The first-order chi connectivity index (χ1) is 13.5. The van der Waals surface area contributed by atoms with Crippen molar-refractivity contribution in [3.63, 3.8) is 0 Å². The average molecular weight is 400 g/mol. The summed E-state index contributed by atoms with van der Waals surface area (Å²) in [5, 5.41) is 16.3. The number of anilines is 1. The smallest absolute Gasteiger partial charge is 0.249 e. The number of H-pyrrole nitrogens is 1. The zero-order valence-corrected chi connectivity index (χ0v) is 17.1. The molecule has 3 rings (SSSR count). The molecule has 148 valence electrons. The van der Waals surface area contributed by atoms with Crippen LogP contribution >= 0.6 is 11.3 Å². The molecule has 0 aliphatic heterocycles. The molecule has 28 heavy (non-hydrogen) atoms. The van der Waals surface area contributed by atoms with Gasteiger partial charge in [0.1, 0.15) is 11.0 Å². The highest BCUT2D eigenvalue weighted by atomic mass is 32.1. The van der Waals surface area contributed by atoms with Gasteiger partial charge in [-0.25, -0.2) is 0 Å². The van der Waals surface area contributed by atoms with Crippen molar-refractivity contribution in [2.45, 2.75) is 52.0 Å². The molecule has 0 saturated carbocycles. The zero-order valence-electron chi connectivity index (χ0n) is 16.3. The predicted molar refractivity (Wildman–Crippen MR) is 111 cm³/mol. The van der Waals surface area contributed by atoms with Crippen molar-refractivity contribution in [1.29, 1.82) is 0 Å². The molecule has 1 atom stereocenters. The third-order valence-corrected chi connectivity index (χ3v) is 5.80. The molecule has 0 fully saturated rings. The summed E-state index contributed by atoms with van der Waals surface area (Å²) in [6.45, 7) is 5.63. The van der Waals surface area contributed by atoms with E-state index >= 15 is 0 Å². The Morgan fingerprint density at radius 3 is 2.64 bits per heavy atom. The van der Waals surface area contributed by atoms with E-state index in [0.29, 0.717) is 17.5 Å². The van der Waals surface area contributed by atoms with Crippen LogP contribution in [0.25, 0.3) is 10.9 Å². The molecule has 0 saturated heterocycles. The number of nitrogens with zero attached hydrogens (tertiary/aromatic N) is 2. The van der Waals surface area contributed by atoms with E-state index in [0.717, 1.165) is 34.3 Å². The summed E-state index contributed by atoms with van der Waals surface area (Å²) in [6.07, 6.45) is 4.22. The molecule has 0 bridgehead atoms. The lowest BCUT2D eigenvalue weighted by molar-refractivity contribution is -0.125. The van der Waals surface area contributed by atoms with E-state index < -0.39 is 6.04 Å². The molecular formula is C20H25N5O2S. The minimum Gasteiger partial charge on any atom is -0.361 e. The summed E-state index contributed by atoms with van der Waals surface area (Å²) < 4.78 is 0. The molecule has 3 N–H and O–H groups in total. The van der Waals surface area contributed by atoms with Gasteiger partial charge in [-0.15, -0.1) is 10.2 Å². The first-order valence-corrected chi connectivity index (χ1v) is 10.3. The fraction of sp³-hybridized carbons (Fsp3) is 0.400. The van der Waals surface area contributed by atoms with Crippen LogP contribution in [0.4, 0.5) is 5.13 Å². The Kier molecular flexibility index (Phi) is 6.41. The number of hydrogen-bond donors (Lipinski definition) is 3. The summed E-state index contributed by atoms with van der Waals surface area (Å²) in [7, 11) is 0. The number of para-hydroxylation sites is 1. The molecule has 2 heterocycles. The standard InChI is InChI=1S/C20H25N5O2S/c1-4-13(5-2)19-24-25-20(28-19)23-18(27)17(22-12(3)26)10-14-11-21-16-9-7-6-8-15(14)16/h6-9,11,13,17,21H,4-5,10H2,1-3H3,(H,22,26)(H,23,25,27). The van der Waals surface area contributed by atoms with E-state index in [2.05, 4.69) is 39.7 Å². The highest BCUT2D eigenvalue weighted by Gasteiger charge is 2.23. The van der Waals surface area contributed by atoms with Crippen molar-refractivity contribution in [3.8, 4) is 0 Å². The van der Waals surface area contributed by atoms with Crippen molar-refractivity contribution in [2.24, 2.45) is 0 Å². The normalized spacial score (nSPS) is 12.3. The Morgan fingerprint density at radius 1 is 1.18 bits per heavy atom. The van der Waals surface area contributed by atoms with Crippen molar-refractivity contribution < 1.29 is 9.59 Å². The molecular weight excluding hydrogens is 374 g/mol. The summed E-state index contributed by atoms with van der Waals surface area (Å²) in [5.41, 5.74) is 1.97. The molecule has 7 nitrogen and oxygen atoms in total. The second-order valence-electron chi connectivity index (χ2n) is 6.76. The number of amides is 2. The van der Waals surface area contributed by atoms with Crippen molar-refractivity contribution >= 4 is 39.2 Å². The van der Waals surface area contributed by atoms with Gasteiger partial charge in [0, 0.05) is 36.4 Å². The molecule has 1 unspecified atom stereocenters. The topological polar surface area (TPSA) is 99.8 Å². The van der Waals surface area contributed by atoms with Crippen molar-refractivity contribution in [1.82, 2.24) is 20.5 Å². The van der Waals surface area contributed by atoms with Gasteiger partial charge in [0.05, 0.1) is 0 Å². The van der Waals surface area contributed by atoms with Crippen LogP contribution in [0.5, 0.6) is 0 Å². The van der Waals surface area contributed by atoms with Gasteiger partial charge in [-0.1, -0.05) is 43.4 Å². The Balaban J connectivity index is 1.76. The van der Waals surface area contributed by atoms with Crippen LogP contribution < -0.4 is 10.6 Å². The number of benzene rings is 1. The Bertz CT molecular complexity index is 960. The number of aromatic nitrogens is 3. The van der Waals surface area contributed by atoms with E-state index in [1.807, 2.05) is 30.5 Å². The Labute approximate surface area is 167 Å². The van der Waals surface area contributed by atoms with Crippen LogP contribution in [-0.4, -0.2) is 33.0 Å². The second-order valence-corrected chi connectivity index (χ2v) is 7.77. The molecule has 8 heteroatoms. The van der Waals surface area contributed by atoms with E-state index in [1.54, 1.807) is 0 Å². The van der Waals surface area contributed by atoms with Gasteiger partial charge in [-0.3, -0.25) is 14.9 Å². The number of carbonyl (C=O) groups excluding carboxylic acids is 2. The SMILES string of the molecule is CCC(CC)c1nnc(NC(=O)C(Cc2c[nH]c3ccccc23)NC(C)=O)s1. The maximum Gasteiger partial charge on any atom is 0.249 e. The van der Waals surface area contributed by atoms with E-state index in [1.165, 1.54) is 18.3 Å². The number of hydrogen-bond acceptors (Lipinski definition) is 5. The maximum atomic E-state index is 12.8. The van der Waals surface area contributed by atoms with Crippen molar-refractivity contribution in [3.05, 3.63) is 41.0 Å². The second kappa shape index (κ2) is 8.97. The number of aromatic amines is 1. The first kappa shape index (κ1) is 20.0. The van der Waals surface area contributed by atoms with E-state index in [9.17, 15) is 9.59 Å². The molecule has 3 aromatic rings. The highest BCUT2D eigenvalue weighted by molar-refractivity contribution is 7.15. The fourth-order valence-electron chi connectivity index (χ4n) is 3.26. The van der Waals surface area contributed by atoms with Gasteiger partial charge in [0.25, 0.3) is 0 Å². The van der Waals surface area contributed by atoms with Gasteiger partial charge in [-0.05, 0) is 24.5 Å². The van der Waals surface area contributed by atoms with Crippen LogP contribution in [0, 0.1) is 0 Å². The molecule has 2 aromatic heterocycles. The molecule has 0 radical (unpaired) electrons. The molecule has 2 amide bonds. The van der Waals surface area contributed by atoms with E-state index in [4.69, 9.17) is 0 Å². The highest BCUT2D eigenvalue weighted by Crippen LogP contribution is 2.28. The lowest BCUT2D eigenvalue weighted by Crippen LogP contribution is -2.44. The lowest BCUT2D eigenvalue weighted by Gasteiger charge is -2.16. The minimum absolute atomic E-state index is 0.255. The monoisotopic (exact) mass is 399 g/mol. The summed E-state index contributed by atoms with van der Waals surface area (Å²) >= 11 is 1.39. The van der Waals surface area contributed by atoms with Gasteiger partial charge < -0.3 is 10.3 Å². The summed E-state index contributed by atoms with van der Waals surface area (Å²) in [6, 6.07) is 7.18. The third kappa shape index (κ3) is 4.56. The molecule has 0 spiro atoms. The first-order valence-electron chi connectivity index (χ1n) is 9.48. The molecule has 0 aliphatic rings. The van der Waals surface area contributed by atoms with Gasteiger partial charge >= 0.3 is 0 Å². The fourth-order valence-corrected chi connectivity index (χ4v) is 4.27. The minimum atomic E-state index is -0.697. The van der Waals surface area contributed by atoms with Crippen LogP contribution in [0.2, 0.25) is 0 Å².